The van der Waals surface area contributed by atoms with Gasteiger partial charge in [-0.15, -0.1) is 0 Å². The van der Waals surface area contributed by atoms with Gasteiger partial charge in [-0.2, -0.15) is 5.26 Å². The Balaban J connectivity index is 2.79. The van der Waals surface area contributed by atoms with Gasteiger partial charge < -0.3 is 14.8 Å². The van der Waals surface area contributed by atoms with Crippen LogP contribution in [-0.4, -0.2) is 25.2 Å². The minimum absolute atomic E-state index is 0.0416. The van der Waals surface area contributed by atoms with Crippen molar-refractivity contribution < 1.29 is 14.3 Å². The van der Waals surface area contributed by atoms with E-state index in [1.54, 1.807) is 24.3 Å². The van der Waals surface area contributed by atoms with Crippen LogP contribution >= 0.6 is 0 Å². The fourth-order valence-electron chi connectivity index (χ4n) is 1.65. The summed E-state index contributed by atoms with van der Waals surface area (Å²) < 4.78 is 10.5. The zero-order valence-corrected chi connectivity index (χ0v) is 13.5. The normalized spacial score (nSPS) is 11.0. The summed E-state index contributed by atoms with van der Waals surface area (Å²) in [7, 11) is 1.53. The van der Waals surface area contributed by atoms with Gasteiger partial charge in [-0.1, -0.05) is 13.0 Å². The molecule has 0 heterocycles. The van der Waals surface area contributed by atoms with E-state index in [9.17, 15) is 4.79 Å². The number of carbonyl (C=O) groups excluding carboxylic acids is 1. The molecule has 0 saturated heterocycles. The quantitative estimate of drug-likeness (QED) is 0.786. The van der Waals surface area contributed by atoms with E-state index >= 15 is 0 Å². The summed E-state index contributed by atoms with van der Waals surface area (Å²) in [5, 5.41) is 11.5. The van der Waals surface area contributed by atoms with Crippen molar-refractivity contribution >= 4 is 12.0 Å². The lowest BCUT2D eigenvalue weighted by Crippen LogP contribution is -2.41. The molecule has 1 rings (SSSR count). The molecule has 0 unspecified atom stereocenters. The summed E-state index contributed by atoms with van der Waals surface area (Å²) in [4.78, 5) is 11.9. The number of carbonyl (C=O) groups is 1. The van der Waals surface area contributed by atoms with Crippen LogP contribution in [0, 0.1) is 11.3 Å². The van der Waals surface area contributed by atoms with Gasteiger partial charge in [0.25, 0.3) is 0 Å². The zero-order valence-electron chi connectivity index (χ0n) is 13.5. The van der Waals surface area contributed by atoms with Crippen LogP contribution in [0.3, 0.4) is 0 Å². The molecule has 0 atom stereocenters. The van der Waals surface area contributed by atoms with Crippen LogP contribution in [0.25, 0.3) is 6.08 Å². The van der Waals surface area contributed by atoms with E-state index in [1.807, 2.05) is 26.8 Å². The number of nitrogens with one attached hydrogen (secondary N) is 1. The van der Waals surface area contributed by atoms with E-state index in [0.29, 0.717) is 11.5 Å². The Bertz CT molecular complexity index is 586. The minimum Gasteiger partial charge on any atom is -0.493 e. The zero-order chi connectivity index (χ0) is 16.6. The molecular formula is C17H22N2O3. The SMILES string of the molecule is CCC(C)(C)NC(=O)/C=C/c1ccc(OCC#N)c(OC)c1. The van der Waals surface area contributed by atoms with E-state index in [-0.39, 0.29) is 18.1 Å². The molecule has 1 aromatic carbocycles. The average molecular weight is 302 g/mol. The Morgan fingerprint density at radius 1 is 1.41 bits per heavy atom. The Morgan fingerprint density at radius 3 is 2.73 bits per heavy atom. The Morgan fingerprint density at radius 2 is 2.14 bits per heavy atom. The molecule has 1 N–H and O–H groups in total. The molecule has 22 heavy (non-hydrogen) atoms. The highest BCUT2D eigenvalue weighted by molar-refractivity contribution is 5.92. The van der Waals surface area contributed by atoms with Crippen LogP contribution in [-0.2, 0) is 4.79 Å². The number of amides is 1. The molecule has 0 aromatic heterocycles. The first-order chi connectivity index (χ1) is 10.4. The second kappa shape index (κ2) is 8.08. The van der Waals surface area contributed by atoms with E-state index in [4.69, 9.17) is 14.7 Å². The van der Waals surface area contributed by atoms with Crippen LogP contribution < -0.4 is 14.8 Å². The Hall–Kier alpha value is -2.48. The third-order valence-corrected chi connectivity index (χ3v) is 3.25. The number of nitriles is 1. The van der Waals surface area contributed by atoms with Gasteiger partial charge in [-0.25, -0.2) is 0 Å². The van der Waals surface area contributed by atoms with E-state index in [0.717, 1.165) is 12.0 Å². The summed E-state index contributed by atoms with van der Waals surface area (Å²) in [6.07, 6.45) is 4.05. The average Bonchev–Trinajstić information content (AvgIpc) is 2.50. The Labute approximate surface area is 131 Å². The summed E-state index contributed by atoms with van der Waals surface area (Å²) in [6.45, 7) is 5.93. The number of hydrogen-bond donors (Lipinski definition) is 1. The van der Waals surface area contributed by atoms with Crippen molar-refractivity contribution in [2.75, 3.05) is 13.7 Å². The second-order valence-electron chi connectivity index (χ2n) is 5.42. The minimum atomic E-state index is -0.228. The molecule has 0 saturated carbocycles. The fourth-order valence-corrected chi connectivity index (χ4v) is 1.65. The molecule has 1 aromatic rings. The maximum Gasteiger partial charge on any atom is 0.244 e. The van der Waals surface area contributed by atoms with E-state index < -0.39 is 0 Å². The maximum atomic E-state index is 11.9. The third-order valence-electron chi connectivity index (χ3n) is 3.25. The van der Waals surface area contributed by atoms with Crippen molar-refractivity contribution in [1.82, 2.24) is 5.32 Å². The number of nitrogens with zero attached hydrogens (tertiary/aromatic N) is 1. The topological polar surface area (TPSA) is 71.3 Å². The number of benzene rings is 1. The van der Waals surface area contributed by atoms with Gasteiger partial charge in [0.15, 0.2) is 18.1 Å². The number of methoxy groups -OCH3 is 1. The van der Waals surface area contributed by atoms with Crippen molar-refractivity contribution in [3.05, 3.63) is 29.8 Å². The van der Waals surface area contributed by atoms with Gasteiger partial charge in [-0.3, -0.25) is 4.79 Å². The van der Waals surface area contributed by atoms with Crippen molar-refractivity contribution in [3.63, 3.8) is 0 Å². The van der Waals surface area contributed by atoms with Gasteiger partial charge in [0, 0.05) is 11.6 Å². The second-order valence-corrected chi connectivity index (χ2v) is 5.42. The molecular weight excluding hydrogens is 280 g/mol. The fraction of sp³-hybridized carbons (Fsp3) is 0.412. The summed E-state index contributed by atoms with van der Waals surface area (Å²) in [6, 6.07) is 7.16. The van der Waals surface area contributed by atoms with Gasteiger partial charge in [0.1, 0.15) is 6.07 Å². The number of rotatable bonds is 7. The molecule has 0 radical (unpaired) electrons. The first-order valence-electron chi connectivity index (χ1n) is 7.10. The third kappa shape index (κ3) is 5.49. The van der Waals surface area contributed by atoms with Crippen LogP contribution in [0.2, 0.25) is 0 Å². The smallest absolute Gasteiger partial charge is 0.244 e. The molecule has 118 valence electrons. The molecule has 0 aliphatic carbocycles. The van der Waals surface area contributed by atoms with Gasteiger partial charge >= 0.3 is 0 Å². The van der Waals surface area contributed by atoms with E-state index in [1.165, 1.54) is 13.2 Å². The van der Waals surface area contributed by atoms with Crippen LogP contribution in [0.5, 0.6) is 11.5 Å². The van der Waals surface area contributed by atoms with E-state index in [2.05, 4.69) is 5.32 Å². The molecule has 0 bridgehead atoms. The largest absolute Gasteiger partial charge is 0.493 e. The highest BCUT2D eigenvalue weighted by Gasteiger charge is 2.15. The van der Waals surface area contributed by atoms with Gasteiger partial charge in [0.2, 0.25) is 5.91 Å². The summed E-state index contributed by atoms with van der Waals surface area (Å²) >= 11 is 0. The number of hydrogen-bond acceptors (Lipinski definition) is 4. The van der Waals surface area contributed by atoms with Crippen LogP contribution in [0.4, 0.5) is 0 Å². The predicted octanol–water partition coefficient (Wildman–Crippen LogP) is 2.92. The first kappa shape index (κ1) is 17.6. The molecule has 0 aliphatic rings. The van der Waals surface area contributed by atoms with Gasteiger partial charge in [0.05, 0.1) is 7.11 Å². The first-order valence-corrected chi connectivity index (χ1v) is 7.10. The molecule has 0 fully saturated rings. The highest BCUT2D eigenvalue weighted by Crippen LogP contribution is 2.28. The molecule has 0 aliphatic heterocycles. The Kier molecular flexibility index (Phi) is 6.46. The molecule has 1 amide bonds. The van der Waals surface area contributed by atoms with Crippen LogP contribution in [0.15, 0.2) is 24.3 Å². The van der Waals surface area contributed by atoms with Crippen molar-refractivity contribution in [2.45, 2.75) is 32.7 Å². The standard InChI is InChI=1S/C17H22N2O3/c1-5-17(2,3)19-16(20)9-7-13-6-8-14(22-11-10-18)15(12-13)21-4/h6-9,12H,5,11H2,1-4H3,(H,19,20)/b9-7+. The molecule has 0 spiro atoms. The van der Waals surface area contributed by atoms with Crippen molar-refractivity contribution in [2.24, 2.45) is 0 Å². The number of ether oxygens (including phenoxy) is 2. The monoisotopic (exact) mass is 302 g/mol. The summed E-state index contributed by atoms with van der Waals surface area (Å²) in [5.41, 5.74) is 0.583. The maximum absolute atomic E-state index is 11.9. The lowest BCUT2D eigenvalue weighted by Gasteiger charge is -2.23. The van der Waals surface area contributed by atoms with Crippen molar-refractivity contribution in [1.29, 1.82) is 5.26 Å². The molecule has 5 heteroatoms. The lowest BCUT2D eigenvalue weighted by molar-refractivity contribution is -0.117. The lowest BCUT2D eigenvalue weighted by atomic mass is 10.0. The summed E-state index contributed by atoms with van der Waals surface area (Å²) in [5.74, 6) is 0.875. The van der Waals surface area contributed by atoms with Gasteiger partial charge in [-0.05, 0) is 44.0 Å². The van der Waals surface area contributed by atoms with Crippen molar-refractivity contribution in [3.8, 4) is 17.6 Å². The highest BCUT2D eigenvalue weighted by atomic mass is 16.5. The predicted molar refractivity (Wildman–Crippen MR) is 85.6 cm³/mol. The molecule has 5 nitrogen and oxygen atoms in total. The van der Waals surface area contributed by atoms with Crippen LogP contribution in [0.1, 0.15) is 32.8 Å².